The quantitative estimate of drug-likeness (QED) is 0.702. The van der Waals surface area contributed by atoms with Gasteiger partial charge >= 0.3 is 5.97 Å². The van der Waals surface area contributed by atoms with E-state index >= 15 is 0 Å². The first kappa shape index (κ1) is 12.5. The van der Waals surface area contributed by atoms with E-state index in [0.717, 1.165) is 32.4 Å². The van der Waals surface area contributed by atoms with Crippen LogP contribution in [0.5, 0.6) is 0 Å². The Morgan fingerprint density at radius 2 is 2.13 bits per heavy atom. The number of carbonyl (C=O) groups is 1. The Morgan fingerprint density at radius 3 is 2.67 bits per heavy atom. The van der Waals surface area contributed by atoms with E-state index in [4.69, 9.17) is 10.5 Å². The monoisotopic (exact) mass is 214 g/mol. The van der Waals surface area contributed by atoms with Crippen LogP contribution in [0.3, 0.4) is 0 Å². The molecule has 0 radical (unpaired) electrons. The second-order valence-electron chi connectivity index (χ2n) is 4.33. The van der Waals surface area contributed by atoms with E-state index in [1.807, 2.05) is 6.92 Å². The van der Waals surface area contributed by atoms with Crippen LogP contribution >= 0.6 is 0 Å². The summed E-state index contributed by atoms with van der Waals surface area (Å²) in [6.45, 7) is 4.02. The van der Waals surface area contributed by atoms with Crippen molar-refractivity contribution in [3.8, 4) is 0 Å². The van der Waals surface area contributed by atoms with E-state index in [1.165, 1.54) is 0 Å². The zero-order valence-electron chi connectivity index (χ0n) is 9.74. The Morgan fingerprint density at radius 1 is 1.53 bits per heavy atom. The van der Waals surface area contributed by atoms with Gasteiger partial charge in [-0.15, -0.1) is 0 Å². The minimum absolute atomic E-state index is 0.0802. The first-order valence-corrected chi connectivity index (χ1v) is 5.78. The molecule has 15 heavy (non-hydrogen) atoms. The van der Waals surface area contributed by atoms with Gasteiger partial charge in [0.15, 0.2) is 0 Å². The van der Waals surface area contributed by atoms with Crippen LogP contribution in [0.15, 0.2) is 0 Å². The molecule has 4 heteroatoms. The van der Waals surface area contributed by atoms with E-state index in [1.54, 1.807) is 0 Å². The van der Waals surface area contributed by atoms with Crippen LogP contribution in [0.25, 0.3) is 0 Å². The molecule has 1 aliphatic rings. The van der Waals surface area contributed by atoms with Gasteiger partial charge in [-0.1, -0.05) is 13.3 Å². The normalized spacial score (nSPS) is 21.3. The Hall–Kier alpha value is -0.610. The van der Waals surface area contributed by atoms with E-state index in [-0.39, 0.29) is 12.1 Å². The predicted octanol–water partition coefficient (Wildman–Crippen LogP) is 0.751. The number of nitrogens with zero attached hydrogens (tertiary/aromatic N) is 1. The molecule has 0 saturated carbocycles. The predicted molar refractivity (Wildman–Crippen MR) is 59.5 cm³/mol. The van der Waals surface area contributed by atoms with Crippen molar-refractivity contribution in [2.24, 2.45) is 5.73 Å². The van der Waals surface area contributed by atoms with Gasteiger partial charge in [0.25, 0.3) is 0 Å². The van der Waals surface area contributed by atoms with Gasteiger partial charge < -0.3 is 15.4 Å². The van der Waals surface area contributed by atoms with Crippen LogP contribution in [0.4, 0.5) is 0 Å². The largest absolute Gasteiger partial charge is 0.461 e. The molecule has 0 aromatic heterocycles. The minimum Gasteiger partial charge on any atom is -0.461 e. The molecule has 0 aliphatic carbocycles. The summed E-state index contributed by atoms with van der Waals surface area (Å²) in [6.07, 6.45) is 3.58. The summed E-state index contributed by atoms with van der Waals surface area (Å²) in [5.41, 5.74) is 5.69. The summed E-state index contributed by atoms with van der Waals surface area (Å²) >= 11 is 0. The van der Waals surface area contributed by atoms with Crippen molar-refractivity contribution >= 4 is 5.97 Å². The molecule has 1 atom stereocenters. The van der Waals surface area contributed by atoms with Gasteiger partial charge in [-0.05, 0) is 26.3 Å². The number of carbonyl (C=O) groups excluding carboxylic acids is 1. The Labute approximate surface area is 91.8 Å². The molecule has 0 amide bonds. The van der Waals surface area contributed by atoms with Crippen LogP contribution in [0.2, 0.25) is 0 Å². The molecule has 0 spiro atoms. The van der Waals surface area contributed by atoms with Crippen LogP contribution in [-0.2, 0) is 9.53 Å². The SMILES string of the molecule is CCC[C@H](N)C(=O)OC1CCN(C)CC1. The number of likely N-dealkylation sites (tertiary alicyclic amines) is 1. The second kappa shape index (κ2) is 6.08. The summed E-state index contributed by atoms with van der Waals surface area (Å²) in [5.74, 6) is -0.230. The fourth-order valence-corrected chi connectivity index (χ4v) is 1.78. The third-order valence-electron chi connectivity index (χ3n) is 2.85. The summed E-state index contributed by atoms with van der Waals surface area (Å²) < 4.78 is 5.36. The molecule has 2 N–H and O–H groups in total. The fourth-order valence-electron chi connectivity index (χ4n) is 1.78. The maximum atomic E-state index is 11.5. The summed E-state index contributed by atoms with van der Waals surface area (Å²) in [5, 5.41) is 0. The highest BCUT2D eigenvalue weighted by molar-refractivity contribution is 5.75. The maximum absolute atomic E-state index is 11.5. The van der Waals surface area contributed by atoms with Gasteiger partial charge in [0.2, 0.25) is 0 Å². The molecule has 0 bridgehead atoms. The van der Waals surface area contributed by atoms with E-state index in [9.17, 15) is 4.79 Å². The highest BCUT2D eigenvalue weighted by Gasteiger charge is 2.22. The lowest BCUT2D eigenvalue weighted by Crippen LogP contribution is -2.39. The van der Waals surface area contributed by atoms with Crippen molar-refractivity contribution in [1.29, 1.82) is 0 Å². The molecule has 88 valence electrons. The second-order valence-corrected chi connectivity index (χ2v) is 4.33. The maximum Gasteiger partial charge on any atom is 0.323 e. The van der Waals surface area contributed by atoms with Crippen molar-refractivity contribution in [3.63, 3.8) is 0 Å². The number of hydrogen-bond acceptors (Lipinski definition) is 4. The molecule has 1 rings (SSSR count). The fraction of sp³-hybridized carbons (Fsp3) is 0.909. The van der Waals surface area contributed by atoms with Crippen LogP contribution in [0.1, 0.15) is 32.6 Å². The van der Waals surface area contributed by atoms with Gasteiger partial charge in [-0.2, -0.15) is 0 Å². The van der Waals surface area contributed by atoms with E-state index < -0.39 is 6.04 Å². The van der Waals surface area contributed by atoms with Gasteiger partial charge in [0.1, 0.15) is 12.1 Å². The number of ether oxygens (including phenoxy) is 1. The third-order valence-corrected chi connectivity index (χ3v) is 2.85. The number of esters is 1. The van der Waals surface area contributed by atoms with E-state index in [2.05, 4.69) is 11.9 Å². The standard InChI is InChI=1S/C11H22N2O2/c1-3-4-10(12)11(14)15-9-5-7-13(2)8-6-9/h9-10H,3-8,12H2,1-2H3/t10-/m0/s1. The summed E-state index contributed by atoms with van der Waals surface area (Å²) in [6, 6.07) is -0.436. The highest BCUT2D eigenvalue weighted by atomic mass is 16.5. The highest BCUT2D eigenvalue weighted by Crippen LogP contribution is 2.13. The molecular formula is C11H22N2O2. The zero-order chi connectivity index (χ0) is 11.3. The molecule has 1 fully saturated rings. The molecule has 0 unspecified atom stereocenters. The van der Waals surface area contributed by atoms with Gasteiger partial charge in [-0.25, -0.2) is 0 Å². The first-order valence-electron chi connectivity index (χ1n) is 5.78. The van der Waals surface area contributed by atoms with Crippen molar-refractivity contribution in [1.82, 2.24) is 4.90 Å². The topological polar surface area (TPSA) is 55.6 Å². The lowest BCUT2D eigenvalue weighted by molar-refractivity contribution is -0.152. The van der Waals surface area contributed by atoms with Crippen LogP contribution in [0, 0.1) is 0 Å². The lowest BCUT2D eigenvalue weighted by Gasteiger charge is -2.29. The van der Waals surface area contributed by atoms with Crippen molar-refractivity contribution < 1.29 is 9.53 Å². The van der Waals surface area contributed by atoms with Crippen LogP contribution in [-0.4, -0.2) is 43.2 Å². The molecule has 4 nitrogen and oxygen atoms in total. The summed E-state index contributed by atoms with van der Waals surface area (Å²) in [4.78, 5) is 13.8. The molecule has 1 aliphatic heterocycles. The Balaban J connectivity index is 2.25. The number of piperidine rings is 1. The van der Waals surface area contributed by atoms with Crippen molar-refractivity contribution in [2.45, 2.75) is 44.8 Å². The molecule has 1 saturated heterocycles. The molecule has 0 aromatic carbocycles. The Bertz CT molecular complexity index is 201. The first-order chi connectivity index (χ1) is 7.13. The third kappa shape index (κ3) is 4.18. The average Bonchev–Trinajstić information content (AvgIpc) is 2.22. The molecular weight excluding hydrogens is 192 g/mol. The molecule has 1 heterocycles. The Kier molecular flexibility index (Phi) is 5.05. The van der Waals surface area contributed by atoms with Crippen molar-refractivity contribution in [3.05, 3.63) is 0 Å². The number of nitrogens with two attached hydrogens (primary N) is 1. The minimum atomic E-state index is -0.436. The average molecular weight is 214 g/mol. The smallest absolute Gasteiger partial charge is 0.323 e. The van der Waals surface area contributed by atoms with Crippen LogP contribution < -0.4 is 5.73 Å². The van der Waals surface area contributed by atoms with Gasteiger partial charge in [0.05, 0.1) is 0 Å². The van der Waals surface area contributed by atoms with Gasteiger partial charge in [-0.3, -0.25) is 4.79 Å². The zero-order valence-corrected chi connectivity index (χ0v) is 9.74. The number of hydrogen-bond donors (Lipinski definition) is 1. The van der Waals surface area contributed by atoms with Crippen molar-refractivity contribution in [2.75, 3.05) is 20.1 Å². The lowest BCUT2D eigenvalue weighted by atomic mass is 10.1. The summed E-state index contributed by atoms with van der Waals surface area (Å²) in [7, 11) is 2.08. The van der Waals surface area contributed by atoms with E-state index in [0.29, 0.717) is 6.42 Å². The number of rotatable bonds is 4. The van der Waals surface area contributed by atoms with Gasteiger partial charge in [0, 0.05) is 13.1 Å². The molecule has 0 aromatic rings.